The summed E-state index contributed by atoms with van der Waals surface area (Å²) in [5.74, 6) is -0.430. The van der Waals surface area contributed by atoms with Gasteiger partial charge in [0.25, 0.3) is 0 Å². The normalized spacial score (nSPS) is 18.2. The number of nitrogens with zero attached hydrogens (tertiary/aromatic N) is 2. The molecule has 154 valence electrons. The van der Waals surface area contributed by atoms with E-state index in [1.807, 2.05) is 18.2 Å². The summed E-state index contributed by atoms with van der Waals surface area (Å²) in [5, 5.41) is 7.79. The van der Waals surface area contributed by atoms with Crippen molar-refractivity contribution in [1.82, 2.24) is 14.3 Å². The Hall–Kier alpha value is -2.91. The fourth-order valence-corrected chi connectivity index (χ4v) is 5.02. The number of primary amides is 1. The van der Waals surface area contributed by atoms with E-state index in [0.29, 0.717) is 35.4 Å². The number of piperidine rings is 1. The van der Waals surface area contributed by atoms with Crippen LogP contribution >= 0.6 is 23.5 Å². The van der Waals surface area contributed by atoms with Gasteiger partial charge in [0.1, 0.15) is 0 Å². The molecule has 1 unspecified atom stereocenters. The molecule has 3 aromatic rings. The second-order valence-corrected chi connectivity index (χ2v) is 8.81. The Kier molecular flexibility index (Phi) is 4.71. The number of aromatic nitrogens is 2. The number of carbonyl (C=O) groups excluding carboxylic acids is 2. The van der Waals surface area contributed by atoms with Crippen LogP contribution in [0.5, 0.6) is 0 Å². The third-order valence-electron chi connectivity index (χ3n) is 5.44. The minimum atomic E-state index is -0.475. The Morgan fingerprint density at radius 1 is 1.27 bits per heavy atom. The Bertz CT molecular complexity index is 1180. The standard InChI is InChI=1S/C20H19ClN6O2S/c21-12-1-2-14-15(8-12)26-20(25-14)30-27-4-3-10(7-17(27)28)13-5-11(19(22)29)6-16-18(13)24-9-23-16/h1-2,5-6,8,10,23-24H,3-4,7,9H2,(H2,22,29)(H,25,26). The van der Waals surface area contributed by atoms with E-state index in [1.165, 1.54) is 11.9 Å². The summed E-state index contributed by atoms with van der Waals surface area (Å²) >= 11 is 7.34. The summed E-state index contributed by atoms with van der Waals surface area (Å²) < 4.78 is 1.74. The van der Waals surface area contributed by atoms with Crippen molar-refractivity contribution in [2.75, 3.05) is 23.8 Å². The van der Waals surface area contributed by atoms with Crippen molar-refractivity contribution < 1.29 is 9.59 Å². The van der Waals surface area contributed by atoms with Crippen LogP contribution in [0.15, 0.2) is 35.5 Å². The van der Waals surface area contributed by atoms with Crippen LogP contribution < -0.4 is 16.4 Å². The number of fused-ring (bicyclic) bond motifs is 2. The van der Waals surface area contributed by atoms with Gasteiger partial charge in [-0.15, -0.1) is 0 Å². The Morgan fingerprint density at radius 2 is 2.13 bits per heavy atom. The second-order valence-electron chi connectivity index (χ2n) is 7.36. The van der Waals surface area contributed by atoms with Gasteiger partial charge < -0.3 is 21.4 Å². The molecule has 2 aliphatic heterocycles. The van der Waals surface area contributed by atoms with Crippen LogP contribution in [0.1, 0.15) is 34.7 Å². The number of nitrogens with two attached hydrogens (primary N) is 1. The summed E-state index contributed by atoms with van der Waals surface area (Å²) in [5.41, 5.74) is 10.4. The molecule has 5 N–H and O–H groups in total. The molecule has 1 atom stereocenters. The number of H-pyrrole nitrogens is 1. The number of hydrogen-bond acceptors (Lipinski definition) is 6. The maximum atomic E-state index is 12.9. The van der Waals surface area contributed by atoms with Crippen LogP contribution in [0.2, 0.25) is 5.02 Å². The molecule has 1 aromatic heterocycles. The van der Waals surface area contributed by atoms with Gasteiger partial charge in [0.2, 0.25) is 11.8 Å². The molecule has 3 heterocycles. The molecule has 2 amide bonds. The molecule has 10 heteroatoms. The van der Waals surface area contributed by atoms with Gasteiger partial charge in [-0.1, -0.05) is 11.6 Å². The highest BCUT2D eigenvalue weighted by molar-refractivity contribution is 7.97. The predicted octanol–water partition coefficient (Wildman–Crippen LogP) is 3.52. The molecule has 5 rings (SSSR count). The highest BCUT2D eigenvalue weighted by Gasteiger charge is 2.31. The molecule has 0 aliphatic carbocycles. The Balaban J connectivity index is 1.34. The summed E-state index contributed by atoms with van der Waals surface area (Å²) in [7, 11) is 0. The van der Waals surface area contributed by atoms with Crippen LogP contribution in [0.25, 0.3) is 11.0 Å². The zero-order valence-electron chi connectivity index (χ0n) is 15.9. The molecule has 2 aliphatic rings. The summed E-state index contributed by atoms with van der Waals surface area (Å²) in [6.07, 6.45) is 1.14. The Labute approximate surface area is 181 Å². The zero-order valence-corrected chi connectivity index (χ0v) is 17.4. The quantitative estimate of drug-likeness (QED) is 0.459. The molecular formula is C20H19ClN6O2S. The third kappa shape index (κ3) is 3.44. The van der Waals surface area contributed by atoms with Crippen molar-refractivity contribution in [2.24, 2.45) is 5.73 Å². The van der Waals surface area contributed by atoms with Crippen molar-refractivity contribution in [3.63, 3.8) is 0 Å². The molecule has 1 fully saturated rings. The number of aromatic amines is 1. The average Bonchev–Trinajstić information content (AvgIpc) is 3.34. The smallest absolute Gasteiger partial charge is 0.248 e. The largest absolute Gasteiger partial charge is 0.366 e. The minimum Gasteiger partial charge on any atom is -0.366 e. The number of anilines is 2. The lowest BCUT2D eigenvalue weighted by molar-refractivity contribution is -0.128. The van der Waals surface area contributed by atoms with Gasteiger partial charge >= 0.3 is 0 Å². The number of carbonyl (C=O) groups is 2. The first-order valence-electron chi connectivity index (χ1n) is 9.57. The molecule has 8 nitrogen and oxygen atoms in total. The van der Waals surface area contributed by atoms with E-state index in [1.54, 1.807) is 16.4 Å². The molecule has 2 aromatic carbocycles. The van der Waals surface area contributed by atoms with Crippen LogP contribution in [0.3, 0.4) is 0 Å². The van der Waals surface area contributed by atoms with Crippen molar-refractivity contribution in [2.45, 2.75) is 23.9 Å². The molecule has 0 saturated carbocycles. The topological polar surface area (TPSA) is 116 Å². The predicted molar refractivity (Wildman–Crippen MR) is 118 cm³/mol. The van der Waals surface area contributed by atoms with Crippen molar-refractivity contribution in [3.8, 4) is 0 Å². The molecule has 0 bridgehead atoms. The van der Waals surface area contributed by atoms with Gasteiger partial charge in [-0.05, 0) is 48.2 Å². The lowest BCUT2D eigenvalue weighted by Crippen LogP contribution is -2.33. The molecular weight excluding hydrogens is 424 g/mol. The van der Waals surface area contributed by atoms with E-state index < -0.39 is 5.91 Å². The van der Waals surface area contributed by atoms with Gasteiger partial charge in [0, 0.05) is 35.5 Å². The van der Waals surface area contributed by atoms with E-state index in [4.69, 9.17) is 17.3 Å². The first-order valence-corrected chi connectivity index (χ1v) is 10.7. The first-order chi connectivity index (χ1) is 14.5. The van der Waals surface area contributed by atoms with E-state index in [9.17, 15) is 9.59 Å². The van der Waals surface area contributed by atoms with Crippen molar-refractivity contribution in [1.29, 1.82) is 0 Å². The van der Waals surface area contributed by atoms with Crippen molar-refractivity contribution >= 4 is 57.8 Å². The van der Waals surface area contributed by atoms with Crippen LogP contribution in [-0.4, -0.2) is 39.3 Å². The average molecular weight is 443 g/mol. The van der Waals surface area contributed by atoms with Gasteiger partial charge in [0.15, 0.2) is 5.16 Å². The zero-order chi connectivity index (χ0) is 20.8. The van der Waals surface area contributed by atoms with Gasteiger partial charge in [-0.25, -0.2) is 4.98 Å². The molecule has 30 heavy (non-hydrogen) atoms. The number of imidazole rings is 1. The van der Waals surface area contributed by atoms with Crippen LogP contribution in [-0.2, 0) is 4.79 Å². The number of rotatable bonds is 4. The number of amides is 2. The van der Waals surface area contributed by atoms with Gasteiger partial charge in [-0.2, -0.15) is 0 Å². The van der Waals surface area contributed by atoms with Gasteiger partial charge in [-0.3, -0.25) is 13.9 Å². The first kappa shape index (κ1) is 19.1. The third-order valence-corrected chi connectivity index (χ3v) is 6.64. The van der Waals surface area contributed by atoms with E-state index in [0.717, 1.165) is 34.4 Å². The number of hydrogen-bond donors (Lipinski definition) is 4. The maximum Gasteiger partial charge on any atom is 0.248 e. The summed E-state index contributed by atoms with van der Waals surface area (Å²) in [4.78, 5) is 32.3. The SMILES string of the molecule is NC(=O)c1cc2c(c(C3CCN(Sc4nc5ccc(Cl)cc5[nH]4)C(=O)C3)c1)NCN2. The summed E-state index contributed by atoms with van der Waals surface area (Å²) in [6, 6.07) is 9.01. The monoisotopic (exact) mass is 442 g/mol. The number of halogens is 1. The maximum absolute atomic E-state index is 12.9. The molecule has 1 saturated heterocycles. The van der Waals surface area contributed by atoms with E-state index >= 15 is 0 Å². The fraction of sp³-hybridized carbons (Fsp3) is 0.250. The lowest BCUT2D eigenvalue weighted by atomic mass is 9.87. The lowest BCUT2D eigenvalue weighted by Gasteiger charge is -2.31. The van der Waals surface area contributed by atoms with E-state index in [-0.39, 0.29) is 11.8 Å². The fourth-order valence-electron chi connectivity index (χ4n) is 3.97. The molecule has 0 radical (unpaired) electrons. The highest BCUT2D eigenvalue weighted by atomic mass is 35.5. The minimum absolute atomic E-state index is 0.0179. The van der Waals surface area contributed by atoms with Gasteiger partial charge in [0.05, 0.1) is 29.1 Å². The summed E-state index contributed by atoms with van der Waals surface area (Å²) in [6.45, 7) is 1.16. The molecule has 0 spiro atoms. The number of benzene rings is 2. The van der Waals surface area contributed by atoms with Crippen molar-refractivity contribution in [3.05, 3.63) is 46.5 Å². The Morgan fingerprint density at radius 3 is 2.93 bits per heavy atom. The van der Waals surface area contributed by atoms with E-state index in [2.05, 4.69) is 20.6 Å². The number of nitrogens with one attached hydrogen (secondary N) is 3. The van der Waals surface area contributed by atoms with Crippen LogP contribution in [0.4, 0.5) is 11.4 Å². The second kappa shape index (κ2) is 7.41. The highest BCUT2D eigenvalue weighted by Crippen LogP contribution is 2.41. The van der Waals surface area contributed by atoms with Crippen LogP contribution in [0, 0.1) is 0 Å².